The van der Waals surface area contributed by atoms with E-state index in [1.165, 1.54) is 127 Å². The average molecular weight is 370 g/mol. The highest BCUT2D eigenvalue weighted by atomic mass is 15.7. The van der Waals surface area contributed by atoms with Crippen molar-refractivity contribution in [2.75, 3.05) is 32.7 Å². The highest BCUT2D eigenvalue weighted by molar-refractivity contribution is 4.54. The van der Waals surface area contributed by atoms with Crippen molar-refractivity contribution < 1.29 is 4.59 Å². The molecular weight excluding hydrogens is 316 g/mol. The number of nitrogens with zero attached hydrogens (tertiary/aromatic N) is 2. The Labute approximate surface area is 167 Å². The first-order valence-corrected chi connectivity index (χ1v) is 12.3. The van der Waals surface area contributed by atoms with Gasteiger partial charge in [0.2, 0.25) is 0 Å². The SMILES string of the molecule is CCCCCC[N+](CCCCCC)(CCCCCC)N(CCC)CCC. The van der Waals surface area contributed by atoms with Crippen LogP contribution in [0.25, 0.3) is 0 Å². The van der Waals surface area contributed by atoms with E-state index in [2.05, 4.69) is 39.6 Å². The summed E-state index contributed by atoms with van der Waals surface area (Å²) in [4.78, 5) is 0. The molecule has 0 aliphatic rings. The number of quaternary nitrogens is 1. The van der Waals surface area contributed by atoms with Crippen molar-refractivity contribution in [3.8, 4) is 0 Å². The Bertz CT molecular complexity index is 240. The van der Waals surface area contributed by atoms with Gasteiger partial charge in [-0.2, -0.15) is 5.01 Å². The molecule has 2 nitrogen and oxygen atoms in total. The molecule has 26 heavy (non-hydrogen) atoms. The summed E-state index contributed by atoms with van der Waals surface area (Å²) in [5.74, 6) is 0. The van der Waals surface area contributed by atoms with Gasteiger partial charge in [-0.25, -0.2) is 4.59 Å². The van der Waals surface area contributed by atoms with Crippen LogP contribution in [0.4, 0.5) is 0 Å². The molecule has 0 saturated carbocycles. The zero-order valence-electron chi connectivity index (χ0n) is 19.3. The summed E-state index contributed by atoms with van der Waals surface area (Å²) in [6, 6.07) is 0. The standard InChI is InChI=1S/C24H53N2/c1-6-11-14-17-22-26(23-18-15-12-7-2,24-19-16-13-8-3)25(20-9-4)21-10-5/h6-24H2,1-5H3/q+1. The molecule has 0 fully saturated rings. The zero-order valence-corrected chi connectivity index (χ0v) is 19.3. The topological polar surface area (TPSA) is 3.24 Å². The van der Waals surface area contributed by atoms with Gasteiger partial charge in [-0.1, -0.05) is 73.1 Å². The van der Waals surface area contributed by atoms with E-state index in [1.54, 1.807) is 0 Å². The molecule has 0 aromatic heterocycles. The fourth-order valence-electron chi connectivity index (χ4n) is 4.31. The third kappa shape index (κ3) is 11.6. The van der Waals surface area contributed by atoms with Gasteiger partial charge in [0.15, 0.2) is 0 Å². The normalized spacial score (nSPS) is 12.2. The minimum Gasteiger partial charge on any atom is -0.243 e. The van der Waals surface area contributed by atoms with Crippen molar-refractivity contribution in [2.45, 2.75) is 125 Å². The van der Waals surface area contributed by atoms with E-state index in [-0.39, 0.29) is 0 Å². The second-order valence-electron chi connectivity index (χ2n) is 8.40. The highest BCUT2D eigenvalue weighted by Gasteiger charge is 2.33. The van der Waals surface area contributed by atoms with Gasteiger partial charge in [0.1, 0.15) is 0 Å². The molecule has 0 aromatic carbocycles. The van der Waals surface area contributed by atoms with Crippen molar-refractivity contribution in [2.24, 2.45) is 0 Å². The smallest absolute Gasteiger partial charge is 0.0964 e. The lowest BCUT2D eigenvalue weighted by atomic mass is 10.1. The van der Waals surface area contributed by atoms with Gasteiger partial charge < -0.3 is 0 Å². The summed E-state index contributed by atoms with van der Waals surface area (Å²) in [7, 11) is 0. The van der Waals surface area contributed by atoms with Crippen LogP contribution in [0.1, 0.15) is 125 Å². The molecule has 0 aliphatic heterocycles. The van der Waals surface area contributed by atoms with Gasteiger partial charge in [0.25, 0.3) is 0 Å². The van der Waals surface area contributed by atoms with Gasteiger partial charge in [0, 0.05) is 13.1 Å². The number of unbranched alkanes of at least 4 members (excludes halogenated alkanes) is 9. The van der Waals surface area contributed by atoms with E-state index >= 15 is 0 Å². The lowest BCUT2D eigenvalue weighted by Crippen LogP contribution is -2.62. The molecule has 0 rings (SSSR count). The average Bonchev–Trinajstić information content (AvgIpc) is 2.65. The van der Waals surface area contributed by atoms with Gasteiger partial charge in [-0.3, -0.25) is 0 Å². The molecule has 0 atom stereocenters. The number of rotatable bonds is 20. The lowest BCUT2D eigenvalue weighted by Gasteiger charge is -2.47. The Morgan fingerprint density at radius 2 is 0.769 bits per heavy atom. The number of hydrogen-bond acceptors (Lipinski definition) is 1. The van der Waals surface area contributed by atoms with Crippen molar-refractivity contribution >= 4 is 0 Å². The molecule has 0 aromatic rings. The Kier molecular flexibility index (Phi) is 18.2. The van der Waals surface area contributed by atoms with E-state index < -0.39 is 0 Å². The van der Waals surface area contributed by atoms with Crippen molar-refractivity contribution in [3.05, 3.63) is 0 Å². The Hall–Kier alpha value is -0.0800. The molecule has 0 saturated heterocycles. The second kappa shape index (κ2) is 18.3. The summed E-state index contributed by atoms with van der Waals surface area (Å²) in [6.07, 6.45) is 19.4. The molecule has 0 spiro atoms. The Morgan fingerprint density at radius 1 is 0.423 bits per heavy atom. The minimum absolute atomic E-state index is 1.28. The van der Waals surface area contributed by atoms with Crippen LogP contribution in [0.5, 0.6) is 0 Å². The first-order valence-electron chi connectivity index (χ1n) is 12.3. The third-order valence-electron chi connectivity index (χ3n) is 5.85. The second-order valence-corrected chi connectivity index (χ2v) is 8.40. The molecule has 0 radical (unpaired) electrons. The summed E-state index contributed by atoms with van der Waals surface area (Å²) in [5.41, 5.74) is 0. The fraction of sp³-hybridized carbons (Fsp3) is 1.00. The van der Waals surface area contributed by atoms with Crippen LogP contribution < -0.4 is 0 Å². The molecule has 0 aliphatic carbocycles. The maximum Gasteiger partial charge on any atom is 0.0964 e. The summed E-state index contributed by atoms with van der Waals surface area (Å²) in [6.45, 7) is 18.4. The van der Waals surface area contributed by atoms with E-state index in [0.717, 1.165) is 0 Å². The largest absolute Gasteiger partial charge is 0.243 e. The molecule has 2 heteroatoms. The highest BCUT2D eigenvalue weighted by Crippen LogP contribution is 2.22. The van der Waals surface area contributed by atoms with Crippen LogP contribution in [0, 0.1) is 0 Å². The van der Waals surface area contributed by atoms with Crippen LogP contribution in [-0.2, 0) is 0 Å². The molecular formula is C24H53N2+. The predicted molar refractivity (Wildman–Crippen MR) is 119 cm³/mol. The maximum absolute atomic E-state index is 2.88. The van der Waals surface area contributed by atoms with E-state index in [1.807, 2.05) is 0 Å². The van der Waals surface area contributed by atoms with Crippen molar-refractivity contribution in [1.82, 2.24) is 5.01 Å². The van der Waals surface area contributed by atoms with Crippen LogP contribution in [0.15, 0.2) is 0 Å². The quantitative estimate of drug-likeness (QED) is 0.121. The van der Waals surface area contributed by atoms with Crippen LogP contribution in [0.2, 0.25) is 0 Å². The van der Waals surface area contributed by atoms with Gasteiger partial charge in [-0.05, 0) is 51.4 Å². The first kappa shape index (κ1) is 25.9. The molecule has 158 valence electrons. The molecule has 0 bridgehead atoms. The molecule has 0 unspecified atom stereocenters. The predicted octanol–water partition coefficient (Wildman–Crippen LogP) is 7.58. The minimum atomic E-state index is 1.28. The Morgan fingerprint density at radius 3 is 1.04 bits per heavy atom. The van der Waals surface area contributed by atoms with E-state index in [4.69, 9.17) is 0 Å². The van der Waals surface area contributed by atoms with Gasteiger partial charge >= 0.3 is 0 Å². The summed E-state index contributed by atoms with van der Waals surface area (Å²) < 4.78 is 1.30. The third-order valence-corrected chi connectivity index (χ3v) is 5.85. The fourth-order valence-corrected chi connectivity index (χ4v) is 4.31. The monoisotopic (exact) mass is 369 g/mol. The van der Waals surface area contributed by atoms with Gasteiger partial charge in [-0.15, -0.1) is 0 Å². The summed E-state index contributed by atoms with van der Waals surface area (Å²) in [5, 5.41) is 2.88. The Balaban J connectivity index is 5.11. The molecule has 0 N–H and O–H groups in total. The van der Waals surface area contributed by atoms with Crippen LogP contribution in [0.3, 0.4) is 0 Å². The maximum atomic E-state index is 2.88. The van der Waals surface area contributed by atoms with E-state index in [0.29, 0.717) is 0 Å². The lowest BCUT2D eigenvalue weighted by molar-refractivity contribution is -1.04. The van der Waals surface area contributed by atoms with Crippen molar-refractivity contribution in [3.63, 3.8) is 0 Å². The zero-order chi connectivity index (χ0) is 19.5. The number of hydrogen-bond donors (Lipinski definition) is 0. The van der Waals surface area contributed by atoms with E-state index in [9.17, 15) is 0 Å². The summed E-state index contributed by atoms with van der Waals surface area (Å²) >= 11 is 0. The molecule has 0 amide bonds. The first-order chi connectivity index (χ1) is 12.7. The molecule has 0 heterocycles. The van der Waals surface area contributed by atoms with Crippen LogP contribution in [-0.4, -0.2) is 42.3 Å². The van der Waals surface area contributed by atoms with Crippen molar-refractivity contribution in [1.29, 1.82) is 0 Å². The van der Waals surface area contributed by atoms with Crippen LogP contribution >= 0.6 is 0 Å². The van der Waals surface area contributed by atoms with Gasteiger partial charge in [0.05, 0.1) is 19.6 Å².